The Morgan fingerprint density at radius 2 is 1.84 bits per heavy atom. The Morgan fingerprint density at radius 1 is 1.12 bits per heavy atom. The van der Waals surface area contributed by atoms with Gasteiger partial charge in [0.2, 0.25) is 5.91 Å². The highest BCUT2D eigenvalue weighted by atomic mass is 16.5. The van der Waals surface area contributed by atoms with E-state index in [9.17, 15) is 4.79 Å². The molecule has 0 fully saturated rings. The minimum atomic E-state index is 0.0866. The van der Waals surface area contributed by atoms with Gasteiger partial charge in [-0.1, -0.05) is 24.3 Å². The lowest BCUT2D eigenvalue weighted by molar-refractivity contribution is -0.121. The van der Waals surface area contributed by atoms with E-state index in [0.29, 0.717) is 12.8 Å². The molecular weight excluding hydrogens is 314 g/mol. The van der Waals surface area contributed by atoms with Crippen LogP contribution in [0, 0.1) is 0 Å². The first-order chi connectivity index (χ1) is 12.2. The van der Waals surface area contributed by atoms with E-state index in [4.69, 9.17) is 9.47 Å². The Kier molecular flexibility index (Phi) is 5.59. The average Bonchev–Trinajstić information content (AvgIpc) is 2.66. The van der Waals surface area contributed by atoms with Crippen LogP contribution in [0.5, 0.6) is 11.5 Å². The maximum Gasteiger partial charge on any atom is 0.220 e. The zero-order valence-electron chi connectivity index (χ0n) is 14.9. The van der Waals surface area contributed by atoms with E-state index in [1.807, 2.05) is 24.3 Å². The van der Waals surface area contributed by atoms with Crippen molar-refractivity contribution in [1.29, 1.82) is 0 Å². The van der Waals surface area contributed by atoms with Crippen LogP contribution < -0.4 is 14.8 Å². The van der Waals surface area contributed by atoms with E-state index in [-0.39, 0.29) is 11.9 Å². The van der Waals surface area contributed by atoms with Crippen LogP contribution in [-0.4, -0.2) is 20.1 Å². The molecule has 0 spiro atoms. The van der Waals surface area contributed by atoms with E-state index in [2.05, 4.69) is 23.5 Å². The van der Waals surface area contributed by atoms with Crippen molar-refractivity contribution in [2.45, 2.75) is 38.1 Å². The van der Waals surface area contributed by atoms with E-state index in [1.165, 1.54) is 11.1 Å². The van der Waals surface area contributed by atoms with Gasteiger partial charge in [0.25, 0.3) is 0 Å². The summed E-state index contributed by atoms with van der Waals surface area (Å²) in [4.78, 5) is 12.4. The first-order valence-corrected chi connectivity index (χ1v) is 8.78. The summed E-state index contributed by atoms with van der Waals surface area (Å²) in [5.41, 5.74) is 3.66. The summed E-state index contributed by atoms with van der Waals surface area (Å²) >= 11 is 0. The highest BCUT2D eigenvalue weighted by molar-refractivity contribution is 5.76. The van der Waals surface area contributed by atoms with Gasteiger partial charge in [0.1, 0.15) is 11.5 Å². The lowest BCUT2D eigenvalue weighted by atomic mass is 9.87. The van der Waals surface area contributed by atoms with E-state index in [1.54, 1.807) is 14.2 Å². The van der Waals surface area contributed by atoms with Crippen LogP contribution in [-0.2, 0) is 17.6 Å². The Hall–Kier alpha value is -2.49. The van der Waals surface area contributed by atoms with Crippen molar-refractivity contribution in [3.8, 4) is 11.5 Å². The summed E-state index contributed by atoms with van der Waals surface area (Å²) in [5.74, 6) is 1.58. The molecule has 0 heterocycles. The number of methoxy groups -OCH3 is 2. The molecule has 2 aromatic carbocycles. The van der Waals surface area contributed by atoms with Crippen LogP contribution >= 0.6 is 0 Å². The van der Waals surface area contributed by atoms with E-state index in [0.717, 1.165) is 36.3 Å². The van der Waals surface area contributed by atoms with Crippen LogP contribution in [0.2, 0.25) is 0 Å². The SMILES string of the molecule is COc1cc(CCC(=O)N[C@@H]2CCCc3ccccc32)cc(OC)c1. The summed E-state index contributed by atoms with van der Waals surface area (Å²) < 4.78 is 10.6. The molecule has 1 N–H and O–H groups in total. The minimum absolute atomic E-state index is 0.0866. The second-order valence-electron chi connectivity index (χ2n) is 6.43. The zero-order valence-corrected chi connectivity index (χ0v) is 14.9. The predicted octanol–water partition coefficient (Wildman–Crippen LogP) is 3.83. The van der Waals surface area contributed by atoms with Gasteiger partial charge in [0.05, 0.1) is 20.3 Å². The lowest BCUT2D eigenvalue weighted by Gasteiger charge is -2.26. The maximum absolute atomic E-state index is 12.4. The van der Waals surface area contributed by atoms with Crippen LogP contribution in [0.3, 0.4) is 0 Å². The van der Waals surface area contributed by atoms with Crippen molar-refractivity contribution >= 4 is 5.91 Å². The van der Waals surface area contributed by atoms with E-state index >= 15 is 0 Å². The first-order valence-electron chi connectivity index (χ1n) is 8.78. The van der Waals surface area contributed by atoms with Gasteiger partial charge in [-0.2, -0.15) is 0 Å². The number of rotatable bonds is 6. The van der Waals surface area contributed by atoms with Crippen LogP contribution in [0.1, 0.15) is 42.0 Å². The van der Waals surface area contributed by atoms with Crippen molar-refractivity contribution in [2.75, 3.05) is 14.2 Å². The molecule has 0 saturated carbocycles. The molecule has 25 heavy (non-hydrogen) atoms. The highest BCUT2D eigenvalue weighted by Crippen LogP contribution is 2.29. The van der Waals surface area contributed by atoms with Crippen molar-refractivity contribution < 1.29 is 14.3 Å². The normalized spacial score (nSPS) is 16.0. The van der Waals surface area contributed by atoms with Crippen LogP contribution in [0.15, 0.2) is 42.5 Å². The summed E-state index contributed by atoms with van der Waals surface area (Å²) in [6, 6.07) is 14.3. The number of ether oxygens (including phenoxy) is 2. The predicted molar refractivity (Wildman–Crippen MR) is 98.1 cm³/mol. The second-order valence-corrected chi connectivity index (χ2v) is 6.43. The Bertz CT molecular complexity index is 719. The lowest BCUT2D eigenvalue weighted by Crippen LogP contribution is -2.31. The summed E-state index contributed by atoms with van der Waals surface area (Å²) in [6.45, 7) is 0. The maximum atomic E-state index is 12.4. The summed E-state index contributed by atoms with van der Waals surface area (Å²) in [7, 11) is 3.26. The van der Waals surface area contributed by atoms with Gasteiger partial charge < -0.3 is 14.8 Å². The third-order valence-corrected chi connectivity index (χ3v) is 4.76. The third-order valence-electron chi connectivity index (χ3n) is 4.76. The fourth-order valence-electron chi connectivity index (χ4n) is 3.44. The molecular formula is C21H25NO3. The van der Waals surface area contributed by atoms with Gasteiger partial charge in [-0.05, 0) is 54.5 Å². The Morgan fingerprint density at radius 3 is 2.56 bits per heavy atom. The molecule has 132 valence electrons. The molecule has 0 saturated heterocycles. The molecule has 0 bridgehead atoms. The molecule has 0 aromatic heterocycles. The number of hydrogen-bond donors (Lipinski definition) is 1. The van der Waals surface area contributed by atoms with Crippen LogP contribution in [0.4, 0.5) is 0 Å². The molecule has 0 radical (unpaired) electrons. The minimum Gasteiger partial charge on any atom is -0.497 e. The summed E-state index contributed by atoms with van der Waals surface area (Å²) in [6.07, 6.45) is 4.35. The second kappa shape index (κ2) is 8.06. The third kappa shape index (κ3) is 4.32. The van der Waals surface area contributed by atoms with Crippen molar-refractivity contribution in [2.24, 2.45) is 0 Å². The molecule has 0 aliphatic heterocycles. The van der Waals surface area contributed by atoms with Gasteiger partial charge in [-0.15, -0.1) is 0 Å². The molecule has 1 atom stereocenters. The molecule has 1 aliphatic carbocycles. The smallest absolute Gasteiger partial charge is 0.220 e. The van der Waals surface area contributed by atoms with Gasteiger partial charge in [0, 0.05) is 12.5 Å². The monoisotopic (exact) mass is 339 g/mol. The van der Waals surface area contributed by atoms with Crippen LogP contribution in [0.25, 0.3) is 0 Å². The molecule has 3 rings (SSSR count). The number of amides is 1. The fraction of sp³-hybridized carbons (Fsp3) is 0.381. The molecule has 0 unspecified atom stereocenters. The quantitative estimate of drug-likeness (QED) is 0.870. The van der Waals surface area contributed by atoms with Gasteiger partial charge in [0.15, 0.2) is 0 Å². The molecule has 1 amide bonds. The van der Waals surface area contributed by atoms with Crippen molar-refractivity contribution in [3.63, 3.8) is 0 Å². The average molecular weight is 339 g/mol. The van der Waals surface area contributed by atoms with Gasteiger partial charge in [-0.25, -0.2) is 0 Å². The van der Waals surface area contributed by atoms with E-state index < -0.39 is 0 Å². The van der Waals surface area contributed by atoms with Gasteiger partial charge in [-0.3, -0.25) is 4.79 Å². The number of carbonyl (C=O) groups excluding carboxylic acids is 1. The first kappa shape index (κ1) is 17.3. The van der Waals surface area contributed by atoms with Gasteiger partial charge >= 0.3 is 0 Å². The molecule has 1 aliphatic rings. The number of hydrogen-bond acceptors (Lipinski definition) is 3. The number of carbonyl (C=O) groups is 1. The molecule has 2 aromatic rings. The summed E-state index contributed by atoms with van der Waals surface area (Å²) in [5, 5.41) is 3.20. The topological polar surface area (TPSA) is 47.6 Å². The molecule has 4 heteroatoms. The largest absolute Gasteiger partial charge is 0.497 e. The zero-order chi connectivity index (χ0) is 17.6. The Labute approximate surface area is 149 Å². The standard InChI is InChI=1S/C21H25NO3/c1-24-17-12-15(13-18(14-17)25-2)10-11-21(23)22-20-9-5-7-16-6-3-4-8-19(16)20/h3-4,6,8,12-14,20H,5,7,9-11H2,1-2H3,(H,22,23)/t20-/m1/s1. The highest BCUT2D eigenvalue weighted by Gasteiger charge is 2.21. The van der Waals surface area contributed by atoms with Crippen molar-refractivity contribution in [3.05, 3.63) is 59.2 Å². The number of nitrogens with one attached hydrogen (secondary N) is 1. The number of benzene rings is 2. The fourth-order valence-corrected chi connectivity index (χ4v) is 3.44. The Balaban J connectivity index is 1.61. The molecule has 4 nitrogen and oxygen atoms in total. The number of fused-ring (bicyclic) bond motifs is 1. The van der Waals surface area contributed by atoms with Crippen molar-refractivity contribution in [1.82, 2.24) is 5.32 Å². The number of aryl methyl sites for hydroxylation is 2.